The van der Waals surface area contributed by atoms with Gasteiger partial charge in [0.1, 0.15) is 11.8 Å². The molecule has 4 rings (SSSR count). The minimum Gasteiger partial charge on any atom is -0.466 e. The van der Waals surface area contributed by atoms with E-state index in [1.54, 1.807) is 6.33 Å². The summed E-state index contributed by atoms with van der Waals surface area (Å²) in [5.41, 5.74) is 2.63. The number of nitrogens with zero attached hydrogens (tertiary/aromatic N) is 4. The van der Waals surface area contributed by atoms with Crippen LogP contribution in [0, 0.1) is 30.6 Å². The molecule has 1 fully saturated rings. The molecule has 1 aliphatic heterocycles. The average Bonchev–Trinajstić information content (AvgIpc) is 3.05. The van der Waals surface area contributed by atoms with E-state index in [1.807, 2.05) is 26.0 Å². The fourth-order valence-corrected chi connectivity index (χ4v) is 4.32. The zero-order chi connectivity index (χ0) is 18.3. The number of hydrogen-bond donors (Lipinski definition) is 0. The molecular formula is C20H24N4O2. The number of carbonyl (C=O) groups is 1. The van der Waals surface area contributed by atoms with Crippen LogP contribution in [-0.2, 0) is 9.53 Å². The Morgan fingerprint density at radius 1 is 1.27 bits per heavy atom. The van der Waals surface area contributed by atoms with Gasteiger partial charge in [-0.25, -0.2) is 15.0 Å². The van der Waals surface area contributed by atoms with Crippen LogP contribution in [0.2, 0.25) is 0 Å². The van der Waals surface area contributed by atoms with Crippen molar-refractivity contribution in [3.05, 3.63) is 36.3 Å². The number of aryl methyl sites for hydroxylation is 1. The van der Waals surface area contributed by atoms with E-state index in [9.17, 15) is 4.79 Å². The summed E-state index contributed by atoms with van der Waals surface area (Å²) in [6.07, 6.45) is 6.01. The van der Waals surface area contributed by atoms with E-state index < -0.39 is 0 Å². The fourth-order valence-electron chi connectivity index (χ4n) is 4.32. The molecular weight excluding hydrogens is 328 g/mol. The number of carbonyl (C=O) groups excluding carboxylic acids is 1. The maximum atomic E-state index is 12.5. The molecule has 4 atom stereocenters. The van der Waals surface area contributed by atoms with Crippen molar-refractivity contribution in [1.29, 1.82) is 0 Å². The Morgan fingerprint density at radius 3 is 2.92 bits per heavy atom. The van der Waals surface area contributed by atoms with E-state index in [2.05, 4.69) is 38.9 Å². The van der Waals surface area contributed by atoms with Gasteiger partial charge in [0, 0.05) is 18.8 Å². The third-order valence-corrected chi connectivity index (χ3v) is 5.56. The summed E-state index contributed by atoms with van der Waals surface area (Å²) in [6, 6.07) is 3.94. The molecule has 6 nitrogen and oxygen atoms in total. The summed E-state index contributed by atoms with van der Waals surface area (Å²) in [7, 11) is 0. The molecule has 6 heteroatoms. The van der Waals surface area contributed by atoms with Gasteiger partial charge in [0.2, 0.25) is 0 Å². The van der Waals surface area contributed by atoms with Crippen molar-refractivity contribution in [3.63, 3.8) is 0 Å². The van der Waals surface area contributed by atoms with Crippen molar-refractivity contribution in [3.8, 4) is 0 Å². The summed E-state index contributed by atoms with van der Waals surface area (Å²) in [6.45, 7) is 7.98. The van der Waals surface area contributed by atoms with Gasteiger partial charge >= 0.3 is 5.97 Å². The third kappa shape index (κ3) is 2.83. The summed E-state index contributed by atoms with van der Waals surface area (Å²) >= 11 is 0. The Labute approximate surface area is 153 Å². The summed E-state index contributed by atoms with van der Waals surface area (Å²) in [5.74, 6) is 1.44. The van der Waals surface area contributed by atoms with Crippen LogP contribution in [0.3, 0.4) is 0 Å². The van der Waals surface area contributed by atoms with E-state index in [1.165, 1.54) is 0 Å². The summed E-state index contributed by atoms with van der Waals surface area (Å²) < 4.78 is 5.36. The molecule has 1 aliphatic carbocycles. The summed E-state index contributed by atoms with van der Waals surface area (Å²) in [5, 5.41) is 0. The van der Waals surface area contributed by atoms with Crippen molar-refractivity contribution in [1.82, 2.24) is 15.0 Å². The van der Waals surface area contributed by atoms with Crippen LogP contribution >= 0.6 is 0 Å². The van der Waals surface area contributed by atoms with E-state index in [0.29, 0.717) is 12.5 Å². The van der Waals surface area contributed by atoms with Gasteiger partial charge in [-0.1, -0.05) is 19.1 Å². The molecule has 2 aromatic rings. The van der Waals surface area contributed by atoms with Crippen LogP contribution in [0.25, 0.3) is 11.0 Å². The van der Waals surface area contributed by atoms with Crippen molar-refractivity contribution < 1.29 is 9.53 Å². The van der Waals surface area contributed by atoms with E-state index >= 15 is 0 Å². The number of allylic oxidation sites excluding steroid dienone is 1. The highest BCUT2D eigenvalue weighted by atomic mass is 16.5. The lowest BCUT2D eigenvalue weighted by molar-refractivity contribution is -0.151. The third-order valence-electron chi connectivity index (χ3n) is 5.56. The largest absolute Gasteiger partial charge is 0.466 e. The number of ether oxygens (including phenoxy) is 1. The highest BCUT2D eigenvalue weighted by Crippen LogP contribution is 2.41. The number of rotatable bonds is 3. The van der Waals surface area contributed by atoms with Crippen LogP contribution < -0.4 is 4.90 Å². The standard InChI is InChI=1S/C20H24N4O2/c1-4-26-20(25)17-12(2)5-7-14-9-24(10-15(14)17)19-18-16(21-11-22-19)8-6-13(3)23-18/h5-8,11-12,14-15,17H,4,9-10H2,1-3H3/t12-,14-,15-,17-/m0/s1. The van der Waals surface area contributed by atoms with Gasteiger partial charge < -0.3 is 9.64 Å². The zero-order valence-electron chi connectivity index (χ0n) is 15.4. The monoisotopic (exact) mass is 352 g/mol. The minimum absolute atomic E-state index is 0.0808. The van der Waals surface area contributed by atoms with E-state index in [-0.39, 0.29) is 23.7 Å². The molecule has 2 aromatic heterocycles. The Morgan fingerprint density at radius 2 is 2.12 bits per heavy atom. The van der Waals surface area contributed by atoms with Crippen molar-refractivity contribution in [2.75, 3.05) is 24.6 Å². The predicted octanol–water partition coefficient (Wildman–Crippen LogP) is 2.77. The smallest absolute Gasteiger partial charge is 0.309 e. The molecule has 136 valence electrons. The summed E-state index contributed by atoms with van der Waals surface area (Å²) in [4.78, 5) is 28.3. The predicted molar refractivity (Wildman–Crippen MR) is 99.7 cm³/mol. The lowest BCUT2D eigenvalue weighted by Crippen LogP contribution is -2.37. The Hall–Kier alpha value is -2.50. The first-order valence-electron chi connectivity index (χ1n) is 9.26. The second-order valence-corrected chi connectivity index (χ2v) is 7.27. The first-order chi connectivity index (χ1) is 12.6. The number of pyridine rings is 1. The van der Waals surface area contributed by atoms with Crippen molar-refractivity contribution in [2.45, 2.75) is 20.8 Å². The molecule has 0 amide bonds. The van der Waals surface area contributed by atoms with Gasteiger partial charge in [-0.15, -0.1) is 0 Å². The SMILES string of the molecule is CCOC(=O)[C@@H]1[C@H]2CN(c3ncnc4ccc(C)nc34)C[C@@H]2C=C[C@@H]1C. The lowest BCUT2D eigenvalue weighted by atomic mass is 9.72. The van der Waals surface area contributed by atoms with Gasteiger partial charge in [-0.3, -0.25) is 4.79 Å². The average molecular weight is 352 g/mol. The Bertz CT molecular complexity index is 866. The maximum Gasteiger partial charge on any atom is 0.309 e. The van der Waals surface area contributed by atoms with E-state index in [4.69, 9.17) is 4.74 Å². The highest BCUT2D eigenvalue weighted by Gasteiger charge is 2.45. The van der Waals surface area contributed by atoms with Crippen molar-refractivity contribution in [2.24, 2.45) is 23.7 Å². The molecule has 0 bridgehead atoms. The highest BCUT2D eigenvalue weighted by molar-refractivity contribution is 5.85. The van der Waals surface area contributed by atoms with E-state index in [0.717, 1.165) is 35.6 Å². The van der Waals surface area contributed by atoms with Crippen LogP contribution in [0.5, 0.6) is 0 Å². The molecule has 0 radical (unpaired) electrons. The Balaban J connectivity index is 1.67. The van der Waals surface area contributed by atoms with Gasteiger partial charge in [-0.2, -0.15) is 0 Å². The second kappa shape index (κ2) is 6.67. The number of aromatic nitrogens is 3. The van der Waals surface area contributed by atoms with Crippen LogP contribution in [-0.4, -0.2) is 40.6 Å². The van der Waals surface area contributed by atoms with Gasteiger partial charge in [0.05, 0.1) is 18.0 Å². The van der Waals surface area contributed by atoms with Gasteiger partial charge in [0.25, 0.3) is 0 Å². The molecule has 1 saturated heterocycles. The first-order valence-corrected chi connectivity index (χ1v) is 9.26. The Kier molecular flexibility index (Phi) is 4.34. The quantitative estimate of drug-likeness (QED) is 0.625. The molecule has 0 unspecified atom stereocenters. The minimum atomic E-state index is -0.0993. The molecule has 2 aliphatic rings. The molecule has 3 heterocycles. The zero-order valence-corrected chi connectivity index (χ0v) is 15.4. The fraction of sp³-hybridized carbons (Fsp3) is 0.500. The van der Waals surface area contributed by atoms with Crippen molar-refractivity contribution >= 4 is 22.8 Å². The molecule has 26 heavy (non-hydrogen) atoms. The molecule has 0 spiro atoms. The van der Waals surface area contributed by atoms with Crippen LogP contribution in [0.1, 0.15) is 19.5 Å². The number of anilines is 1. The van der Waals surface area contributed by atoms with Gasteiger partial charge in [0.15, 0.2) is 5.82 Å². The number of hydrogen-bond acceptors (Lipinski definition) is 6. The topological polar surface area (TPSA) is 68.2 Å². The lowest BCUT2D eigenvalue weighted by Gasteiger charge is -2.31. The number of esters is 1. The molecule has 0 aromatic carbocycles. The molecule has 0 N–H and O–H groups in total. The molecule has 0 saturated carbocycles. The van der Waals surface area contributed by atoms with Crippen LogP contribution in [0.4, 0.5) is 5.82 Å². The van der Waals surface area contributed by atoms with Crippen LogP contribution in [0.15, 0.2) is 30.6 Å². The second-order valence-electron chi connectivity index (χ2n) is 7.27. The normalized spacial score (nSPS) is 27.6. The van der Waals surface area contributed by atoms with Gasteiger partial charge in [-0.05, 0) is 43.7 Å². The first kappa shape index (κ1) is 16.9. The maximum absolute atomic E-state index is 12.5. The number of fused-ring (bicyclic) bond motifs is 2.